The average Bonchev–Trinajstić information content (AvgIpc) is 2.75. The van der Waals surface area contributed by atoms with E-state index in [0.29, 0.717) is 11.3 Å². The van der Waals surface area contributed by atoms with E-state index in [1.807, 2.05) is 24.3 Å². The van der Waals surface area contributed by atoms with Gasteiger partial charge < -0.3 is 15.2 Å². The Bertz CT molecular complexity index is 1030. The van der Waals surface area contributed by atoms with E-state index in [2.05, 4.69) is 10.3 Å². The number of fused-ring (bicyclic) bond motifs is 1. The molecular weight excluding hydrogens is 395 g/mol. The van der Waals surface area contributed by atoms with Crippen molar-refractivity contribution in [3.63, 3.8) is 0 Å². The zero-order chi connectivity index (χ0) is 20.8. The number of halogens is 2. The van der Waals surface area contributed by atoms with E-state index in [-0.39, 0.29) is 10.6 Å². The van der Waals surface area contributed by atoms with Crippen LogP contribution in [0.15, 0.2) is 54.9 Å². The first kappa shape index (κ1) is 20.6. The molecule has 1 aromatic heterocycles. The number of carbonyl (C=O) groups is 1. The molecule has 1 aliphatic heterocycles. The van der Waals surface area contributed by atoms with Crippen LogP contribution in [0.3, 0.4) is 0 Å². The van der Waals surface area contributed by atoms with E-state index in [1.165, 1.54) is 30.1 Å². The fraction of sp³-hybridized carbons (Fsp3) is 0.182. The molecule has 2 aromatic carbocycles. The van der Waals surface area contributed by atoms with Crippen molar-refractivity contribution in [2.75, 3.05) is 19.0 Å². The Labute approximate surface area is 173 Å². The molecule has 0 amide bonds. The molecule has 2 heterocycles. The van der Waals surface area contributed by atoms with Gasteiger partial charge in [-0.15, -0.1) is 0 Å². The summed E-state index contributed by atoms with van der Waals surface area (Å²) in [5, 5.41) is 11.5. The summed E-state index contributed by atoms with van der Waals surface area (Å²) in [6.07, 6.45) is 5.01. The second-order valence-corrected chi connectivity index (χ2v) is 6.73. The van der Waals surface area contributed by atoms with Crippen LogP contribution in [0.25, 0.3) is 11.1 Å². The third-order valence-corrected chi connectivity index (χ3v) is 4.88. The monoisotopic (exact) mass is 414 g/mol. The van der Waals surface area contributed by atoms with Crippen molar-refractivity contribution < 1.29 is 19.0 Å². The number of ether oxygens (including phenoxy) is 1. The maximum Gasteiger partial charge on any atom is 0.337 e. The number of benzene rings is 2. The smallest absolute Gasteiger partial charge is 0.337 e. The lowest BCUT2D eigenvalue weighted by Gasteiger charge is -2.18. The van der Waals surface area contributed by atoms with E-state index in [4.69, 9.17) is 21.4 Å². The van der Waals surface area contributed by atoms with Gasteiger partial charge >= 0.3 is 5.97 Å². The predicted octanol–water partition coefficient (Wildman–Crippen LogP) is 5.29. The summed E-state index contributed by atoms with van der Waals surface area (Å²) in [6, 6.07) is 12.2. The lowest BCUT2D eigenvalue weighted by atomic mass is 10.00. The van der Waals surface area contributed by atoms with Gasteiger partial charge in [0.25, 0.3) is 0 Å². The Morgan fingerprint density at radius 2 is 2.10 bits per heavy atom. The van der Waals surface area contributed by atoms with Gasteiger partial charge in [-0.25, -0.2) is 9.18 Å². The largest absolute Gasteiger partial charge is 0.493 e. The number of aromatic nitrogens is 1. The molecule has 4 rings (SSSR count). The van der Waals surface area contributed by atoms with Gasteiger partial charge in [-0.3, -0.25) is 4.98 Å². The number of hydrogen-bond donors (Lipinski definition) is 2. The first-order valence-electron chi connectivity index (χ1n) is 9.06. The standard InChI is InChI=1S/C15H12ClFO.C7H8N2O2/c16-15-12(4-1-5-13(15)17)11-7-6-10-3-2-8-18-14(10)9-11;1-8-6-4-9-3-2-5(6)7(10)11/h1,4-7,9H,2-3,8H2;2-4,8H,1H3,(H,10,11). The van der Waals surface area contributed by atoms with E-state index >= 15 is 0 Å². The zero-order valence-electron chi connectivity index (χ0n) is 15.8. The molecule has 0 saturated heterocycles. The number of nitrogens with zero attached hydrogens (tertiary/aromatic N) is 1. The van der Waals surface area contributed by atoms with Gasteiger partial charge in [0.1, 0.15) is 11.6 Å². The summed E-state index contributed by atoms with van der Waals surface area (Å²) in [7, 11) is 1.66. The highest BCUT2D eigenvalue weighted by atomic mass is 35.5. The molecule has 3 aromatic rings. The summed E-state index contributed by atoms with van der Waals surface area (Å²) in [4.78, 5) is 14.3. The quantitative estimate of drug-likeness (QED) is 0.609. The lowest BCUT2D eigenvalue weighted by molar-refractivity contribution is 0.0698. The van der Waals surface area contributed by atoms with Crippen LogP contribution in [0.1, 0.15) is 22.3 Å². The third-order valence-electron chi connectivity index (χ3n) is 4.50. The minimum absolute atomic E-state index is 0.160. The Morgan fingerprint density at radius 3 is 2.83 bits per heavy atom. The third kappa shape index (κ3) is 4.84. The van der Waals surface area contributed by atoms with Crippen LogP contribution in [0, 0.1) is 5.82 Å². The number of hydrogen-bond acceptors (Lipinski definition) is 4. The molecule has 0 bridgehead atoms. The van der Waals surface area contributed by atoms with Gasteiger partial charge in [0, 0.05) is 18.8 Å². The zero-order valence-corrected chi connectivity index (χ0v) is 16.5. The molecule has 2 N–H and O–H groups in total. The van der Waals surface area contributed by atoms with Crippen LogP contribution in [0.2, 0.25) is 5.02 Å². The highest BCUT2D eigenvalue weighted by molar-refractivity contribution is 6.33. The Kier molecular flexibility index (Phi) is 6.67. The molecule has 1 aliphatic rings. The van der Waals surface area contributed by atoms with Crippen LogP contribution in [-0.4, -0.2) is 29.7 Å². The first-order valence-corrected chi connectivity index (χ1v) is 9.44. The molecule has 7 heteroatoms. The van der Waals surface area contributed by atoms with E-state index in [0.717, 1.165) is 30.8 Å². The molecule has 5 nitrogen and oxygen atoms in total. The maximum atomic E-state index is 13.4. The topological polar surface area (TPSA) is 71.5 Å². The predicted molar refractivity (Wildman–Crippen MR) is 111 cm³/mol. The molecule has 150 valence electrons. The molecule has 0 atom stereocenters. The summed E-state index contributed by atoms with van der Waals surface area (Å²) in [5.41, 5.74) is 3.56. The number of aryl methyl sites for hydroxylation is 1. The molecule has 0 aliphatic carbocycles. The van der Waals surface area contributed by atoms with Crippen molar-refractivity contribution in [3.05, 3.63) is 76.8 Å². The van der Waals surface area contributed by atoms with Crippen molar-refractivity contribution >= 4 is 23.3 Å². The average molecular weight is 415 g/mol. The fourth-order valence-electron chi connectivity index (χ4n) is 3.01. The molecule has 0 radical (unpaired) electrons. The molecule has 0 spiro atoms. The van der Waals surface area contributed by atoms with Gasteiger partial charge in [0.15, 0.2) is 0 Å². The Hall–Kier alpha value is -3.12. The number of carboxylic acids is 1. The van der Waals surface area contributed by atoms with Crippen LogP contribution >= 0.6 is 11.6 Å². The van der Waals surface area contributed by atoms with Crippen LogP contribution in [0.4, 0.5) is 10.1 Å². The van der Waals surface area contributed by atoms with Crippen molar-refractivity contribution in [3.8, 4) is 16.9 Å². The second kappa shape index (κ2) is 9.39. The van der Waals surface area contributed by atoms with Gasteiger partial charge in [0.2, 0.25) is 0 Å². The van der Waals surface area contributed by atoms with Crippen molar-refractivity contribution in [1.29, 1.82) is 0 Å². The summed E-state index contributed by atoms with van der Waals surface area (Å²) < 4.78 is 19.1. The SMILES string of the molecule is CNc1cnccc1C(=O)O.Fc1cccc(-c2ccc3c(c2)OCCC3)c1Cl. The number of aromatic carboxylic acids is 1. The Morgan fingerprint density at radius 1 is 1.28 bits per heavy atom. The summed E-state index contributed by atoms with van der Waals surface area (Å²) in [6.45, 7) is 0.743. The summed E-state index contributed by atoms with van der Waals surface area (Å²) >= 11 is 6.00. The van der Waals surface area contributed by atoms with Crippen LogP contribution in [-0.2, 0) is 6.42 Å². The molecule has 29 heavy (non-hydrogen) atoms. The van der Waals surface area contributed by atoms with E-state index < -0.39 is 11.8 Å². The first-order chi connectivity index (χ1) is 14.0. The van der Waals surface area contributed by atoms with E-state index in [9.17, 15) is 9.18 Å². The highest BCUT2D eigenvalue weighted by Gasteiger charge is 2.13. The molecule has 0 fully saturated rings. The van der Waals surface area contributed by atoms with Crippen molar-refractivity contribution in [2.24, 2.45) is 0 Å². The van der Waals surface area contributed by atoms with Gasteiger partial charge in [-0.1, -0.05) is 35.9 Å². The minimum Gasteiger partial charge on any atom is -0.493 e. The molecule has 0 saturated carbocycles. The van der Waals surface area contributed by atoms with Crippen molar-refractivity contribution in [1.82, 2.24) is 4.98 Å². The number of carboxylic acid groups (broad SMARTS) is 1. The normalized spacial score (nSPS) is 12.1. The van der Waals surface area contributed by atoms with Crippen LogP contribution < -0.4 is 10.1 Å². The lowest BCUT2D eigenvalue weighted by Crippen LogP contribution is -2.08. The van der Waals surface area contributed by atoms with Gasteiger partial charge in [0.05, 0.1) is 29.1 Å². The maximum absolute atomic E-state index is 13.4. The molecular formula is C22H20ClFN2O3. The number of pyridine rings is 1. The fourth-order valence-corrected chi connectivity index (χ4v) is 3.25. The second-order valence-electron chi connectivity index (χ2n) is 6.35. The minimum atomic E-state index is -0.947. The highest BCUT2D eigenvalue weighted by Crippen LogP contribution is 2.34. The molecule has 0 unspecified atom stereocenters. The number of anilines is 1. The Balaban J connectivity index is 0.000000188. The van der Waals surface area contributed by atoms with Crippen LogP contribution in [0.5, 0.6) is 5.75 Å². The van der Waals surface area contributed by atoms with Gasteiger partial charge in [-0.05, 0) is 42.2 Å². The van der Waals surface area contributed by atoms with Gasteiger partial charge in [-0.2, -0.15) is 0 Å². The van der Waals surface area contributed by atoms with Crippen molar-refractivity contribution in [2.45, 2.75) is 12.8 Å². The summed E-state index contributed by atoms with van der Waals surface area (Å²) in [5.74, 6) is -0.455. The number of nitrogens with one attached hydrogen (secondary N) is 1. The number of rotatable bonds is 3. The van der Waals surface area contributed by atoms with E-state index in [1.54, 1.807) is 13.1 Å².